The zero-order valence-electron chi connectivity index (χ0n) is 13.8. The summed E-state index contributed by atoms with van der Waals surface area (Å²) >= 11 is 0. The van der Waals surface area contributed by atoms with Crippen molar-refractivity contribution in [2.45, 2.75) is 24.7 Å². The number of hydrogen-bond acceptors (Lipinski definition) is 3. The van der Waals surface area contributed by atoms with Gasteiger partial charge in [-0.2, -0.15) is 0 Å². The van der Waals surface area contributed by atoms with Gasteiger partial charge < -0.3 is 15.2 Å². The van der Waals surface area contributed by atoms with Crippen molar-refractivity contribution in [3.8, 4) is 5.75 Å². The minimum absolute atomic E-state index is 0.206. The van der Waals surface area contributed by atoms with Crippen LogP contribution in [0, 0.1) is 11.6 Å². The number of anilines is 1. The van der Waals surface area contributed by atoms with Crippen LogP contribution >= 0.6 is 0 Å². The second-order valence-corrected chi connectivity index (χ2v) is 6.20. The van der Waals surface area contributed by atoms with E-state index in [0.29, 0.717) is 24.9 Å². The second-order valence-electron chi connectivity index (χ2n) is 6.20. The van der Waals surface area contributed by atoms with Crippen LogP contribution in [0.3, 0.4) is 0 Å². The molecule has 1 aliphatic rings. The fraction of sp³-hybridized carbons (Fsp3) is 0.263. The van der Waals surface area contributed by atoms with Crippen LogP contribution in [-0.2, 0) is 15.0 Å². The van der Waals surface area contributed by atoms with Crippen molar-refractivity contribution >= 4 is 17.6 Å². The lowest BCUT2D eigenvalue weighted by atomic mass is 9.63. The molecule has 0 spiro atoms. The second kappa shape index (κ2) is 7.11. The van der Waals surface area contributed by atoms with Crippen LogP contribution in [0.5, 0.6) is 5.75 Å². The maximum atomic E-state index is 14.2. The zero-order chi connectivity index (χ0) is 18.7. The van der Waals surface area contributed by atoms with E-state index < -0.39 is 35.5 Å². The van der Waals surface area contributed by atoms with Gasteiger partial charge in [0.05, 0.1) is 5.41 Å². The summed E-state index contributed by atoms with van der Waals surface area (Å²) < 4.78 is 33.5. The smallest absolute Gasteiger partial charge is 0.341 e. The molecule has 1 aliphatic carbocycles. The molecule has 0 atom stereocenters. The van der Waals surface area contributed by atoms with E-state index in [2.05, 4.69) is 5.32 Å². The third kappa shape index (κ3) is 3.37. The van der Waals surface area contributed by atoms with Crippen LogP contribution < -0.4 is 10.1 Å². The lowest BCUT2D eigenvalue weighted by Crippen LogP contribution is -2.47. The highest BCUT2D eigenvalue weighted by atomic mass is 19.1. The van der Waals surface area contributed by atoms with Gasteiger partial charge in [0.15, 0.2) is 6.61 Å². The van der Waals surface area contributed by atoms with Crippen molar-refractivity contribution < 1.29 is 28.2 Å². The van der Waals surface area contributed by atoms with Gasteiger partial charge in [0, 0.05) is 17.3 Å². The first-order chi connectivity index (χ1) is 12.4. The molecular weight excluding hydrogens is 344 g/mol. The molecule has 2 aromatic rings. The summed E-state index contributed by atoms with van der Waals surface area (Å²) in [5, 5.41) is 11.3. The summed E-state index contributed by atoms with van der Waals surface area (Å²) in [7, 11) is 0. The summed E-state index contributed by atoms with van der Waals surface area (Å²) in [6.45, 7) is -0.512. The molecule has 5 nitrogen and oxygen atoms in total. The highest BCUT2D eigenvalue weighted by Gasteiger charge is 2.49. The molecule has 1 amide bonds. The number of carbonyl (C=O) groups is 2. The molecule has 0 bridgehead atoms. The Morgan fingerprint density at radius 1 is 1.12 bits per heavy atom. The Balaban J connectivity index is 1.83. The molecule has 26 heavy (non-hydrogen) atoms. The van der Waals surface area contributed by atoms with Gasteiger partial charge >= 0.3 is 5.97 Å². The molecule has 0 aliphatic heterocycles. The van der Waals surface area contributed by atoms with Crippen LogP contribution in [0.2, 0.25) is 0 Å². The SMILES string of the molecule is O=C(O)COc1cccc(NC(=O)C2(c3c(F)cccc3F)CCC2)c1. The monoisotopic (exact) mass is 361 g/mol. The Hall–Kier alpha value is -2.96. The normalized spacial score (nSPS) is 15.0. The fourth-order valence-corrected chi connectivity index (χ4v) is 3.14. The molecule has 0 aromatic heterocycles. The molecule has 1 saturated carbocycles. The Morgan fingerprint density at radius 2 is 1.77 bits per heavy atom. The molecule has 0 radical (unpaired) electrons. The quantitative estimate of drug-likeness (QED) is 0.826. The van der Waals surface area contributed by atoms with Crippen molar-refractivity contribution in [1.29, 1.82) is 0 Å². The average Bonchev–Trinajstić information content (AvgIpc) is 2.55. The predicted molar refractivity (Wildman–Crippen MR) is 90.1 cm³/mol. The van der Waals surface area contributed by atoms with E-state index in [1.165, 1.54) is 12.1 Å². The molecule has 2 aromatic carbocycles. The van der Waals surface area contributed by atoms with Crippen LogP contribution in [0.15, 0.2) is 42.5 Å². The third-order valence-electron chi connectivity index (χ3n) is 4.54. The standard InChI is InChI=1S/C19H17F2NO4/c20-14-6-2-7-15(21)17(14)19(8-3-9-19)18(25)22-12-4-1-5-13(10-12)26-11-16(23)24/h1-2,4-7,10H,3,8-9,11H2,(H,22,25)(H,23,24). The van der Waals surface area contributed by atoms with Gasteiger partial charge in [-0.3, -0.25) is 4.79 Å². The molecule has 1 fully saturated rings. The first kappa shape index (κ1) is 17.8. The Labute approximate surface area is 148 Å². The van der Waals surface area contributed by atoms with E-state index in [9.17, 15) is 18.4 Å². The van der Waals surface area contributed by atoms with Gasteiger partial charge in [0.25, 0.3) is 0 Å². The summed E-state index contributed by atoms with van der Waals surface area (Å²) in [6, 6.07) is 9.75. The molecule has 0 unspecified atom stereocenters. The van der Waals surface area contributed by atoms with E-state index in [1.807, 2.05) is 0 Å². The van der Waals surface area contributed by atoms with Gasteiger partial charge in [-0.05, 0) is 37.1 Å². The molecule has 7 heteroatoms. The van der Waals surface area contributed by atoms with E-state index in [4.69, 9.17) is 9.84 Å². The number of halogens is 2. The largest absolute Gasteiger partial charge is 0.482 e. The van der Waals surface area contributed by atoms with Crippen molar-refractivity contribution in [1.82, 2.24) is 0 Å². The van der Waals surface area contributed by atoms with Gasteiger partial charge in [0.2, 0.25) is 5.91 Å². The zero-order valence-corrected chi connectivity index (χ0v) is 13.8. The number of hydrogen-bond donors (Lipinski definition) is 2. The molecule has 2 N–H and O–H groups in total. The van der Waals surface area contributed by atoms with E-state index in [0.717, 1.165) is 12.1 Å². The maximum Gasteiger partial charge on any atom is 0.341 e. The topological polar surface area (TPSA) is 75.6 Å². The number of benzene rings is 2. The number of nitrogens with one attached hydrogen (secondary N) is 1. The molecule has 3 rings (SSSR count). The minimum atomic E-state index is -1.24. The average molecular weight is 361 g/mol. The van der Waals surface area contributed by atoms with Crippen molar-refractivity contribution in [3.63, 3.8) is 0 Å². The number of carboxylic acids is 1. The Morgan fingerprint density at radius 3 is 2.35 bits per heavy atom. The Bertz CT molecular complexity index is 829. The van der Waals surface area contributed by atoms with Gasteiger partial charge in [0.1, 0.15) is 17.4 Å². The summed E-state index contributed by atoms with van der Waals surface area (Å²) in [4.78, 5) is 23.4. The predicted octanol–water partition coefficient (Wildman–Crippen LogP) is 3.49. The third-order valence-corrected chi connectivity index (χ3v) is 4.54. The number of amides is 1. The van der Waals surface area contributed by atoms with Crippen molar-refractivity contribution in [2.75, 3.05) is 11.9 Å². The summed E-state index contributed by atoms with van der Waals surface area (Å²) in [5.74, 6) is -2.83. The van der Waals surface area contributed by atoms with E-state index >= 15 is 0 Å². The maximum absolute atomic E-state index is 14.2. The fourth-order valence-electron chi connectivity index (χ4n) is 3.14. The first-order valence-corrected chi connectivity index (χ1v) is 8.13. The van der Waals surface area contributed by atoms with Gasteiger partial charge in [-0.15, -0.1) is 0 Å². The van der Waals surface area contributed by atoms with Crippen molar-refractivity contribution in [3.05, 3.63) is 59.7 Å². The molecule has 0 saturated heterocycles. The van der Waals surface area contributed by atoms with Crippen LogP contribution in [0.1, 0.15) is 24.8 Å². The molecular formula is C19H17F2NO4. The summed E-state index contributed by atoms with van der Waals surface area (Å²) in [6.07, 6.45) is 1.40. The number of carbonyl (C=O) groups excluding carboxylic acids is 1. The minimum Gasteiger partial charge on any atom is -0.482 e. The van der Waals surface area contributed by atoms with Crippen LogP contribution in [0.4, 0.5) is 14.5 Å². The lowest BCUT2D eigenvalue weighted by molar-refractivity contribution is -0.139. The van der Waals surface area contributed by atoms with Crippen molar-refractivity contribution in [2.24, 2.45) is 0 Å². The van der Waals surface area contributed by atoms with Gasteiger partial charge in [-0.25, -0.2) is 13.6 Å². The number of aliphatic carboxylic acids is 1. The molecule has 0 heterocycles. The first-order valence-electron chi connectivity index (χ1n) is 8.13. The Kier molecular flexibility index (Phi) is 4.88. The van der Waals surface area contributed by atoms with E-state index in [-0.39, 0.29) is 11.3 Å². The lowest BCUT2D eigenvalue weighted by Gasteiger charge is -2.40. The van der Waals surface area contributed by atoms with Crippen LogP contribution in [0.25, 0.3) is 0 Å². The van der Waals surface area contributed by atoms with Crippen LogP contribution in [-0.4, -0.2) is 23.6 Å². The number of carboxylic acid groups (broad SMARTS) is 1. The number of rotatable bonds is 6. The highest BCUT2D eigenvalue weighted by Crippen LogP contribution is 2.46. The highest BCUT2D eigenvalue weighted by molar-refractivity contribution is 6.00. The molecule has 136 valence electrons. The summed E-state index contributed by atoms with van der Waals surface area (Å²) in [5.41, 5.74) is -1.09. The van der Waals surface area contributed by atoms with Gasteiger partial charge in [-0.1, -0.05) is 18.6 Å². The number of ether oxygens (including phenoxy) is 1. The van der Waals surface area contributed by atoms with E-state index in [1.54, 1.807) is 18.2 Å².